The Bertz CT molecular complexity index is 938. The number of rotatable bonds is 15. The Morgan fingerprint density at radius 1 is 0.765 bits per heavy atom. The number of hydrogen-bond donors (Lipinski definition) is 1. The first-order chi connectivity index (χ1) is 16.7. The van der Waals surface area contributed by atoms with E-state index in [0.717, 1.165) is 42.7 Å². The minimum atomic E-state index is -0.0335. The highest BCUT2D eigenvalue weighted by atomic mass is 16.5. The van der Waals surface area contributed by atoms with E-state index in [1.54, 1.807) is 0 Å². The maximum atomic E-state index is 12.8. The van der Waals surface area contributed by atoms with Crippen molar-refractivity contribution in [2.45, 2.75) is 70.8 Å². The van der Waals surface area contributed by atoms with Crippen LogP contribution in [-0.4, -0.2) is 12.5 Å². The first-order valence-corrected chi connectivity index (χ1v) is 12.8. The molecule has 1 amide bonds. The molecular formula is C31H39NO2. The Hall–Kier alpha value is -3.07. The van der Waals surface area contributed by atoms with Crippen LogP contribution in [0, 0.1) is 0 Å². The van der Waals surface area contributed by atoms with Gasteiger partial charge in [0.15, 0.2) is 0 Å². The Balaban J connectivity index is 1.43. The molecule has 3 aromatic rings. The lowest BCUT2D eigenvalue weighted by molar-refractivity contribution is -0.121. The highest BCUT2D eigenvalue weighted by Crippen LogP contribution is 2.19. The molecule has 0 heterocycles. The second kappa shape index (κ2) is 15.0. The van der Waals surface area contributed by atoms with Gasteiger partial charge in [0.25, 0.3) is 0 Å². The SMILES string of the molecule is CCCCCCCCOc1ccc(CCC(=O)NC(Cc2ccccc2)c2ccccc2)cc1. The third-order valence-corrected chi connectivity index (χ3v) is 6.15. The molecule has 0 aliphatic heterocycles. The summed E-state index contributed by atoms with van der Waals surface area (Å²) in [6.07, 6.45) is 9.56. The van der Waals surface area contributed by atoms with Crippen molar-refractivity contribution in [1.29, 1.82) is 0 Å². The molecule has 3 rings (SSSR count). The highest BCUT2D eigenvalue weighted by Gasteiger charge is 2.15. The van der Waals surface area contributed by atoms with Crippen LogP contribution in [0.4, 0.5) is 0 Å². The summed E-state index contributed by atoms with van der Waals surface area (Å²) in [4.78, 5) is 12.8. The molecule has 0 bridgehead atoms. The van der Waals surface area contributed by atoms with E-state index in [-0.39, 0.29) is 11.9 Å². The van der Waals surface area contributed by atoms with E-state index in [0.29, 0.717) is 6.42 Å². The second-order valence-corrected chi connectivity index (χ2v) is 8.98. The molecule has 34 heavy (non-hydrogen) atoms. The van der Waals surface area contributed by atoms with Crippen LogP contribution in [0.5, 0.6) is 5.75 Å². The standard InChI is InChI=1S/C31H39NO2/c1-2-3-4-5-6-13-24-34-29-21-18-26(19-22-29)20-23-31(33)32-30(28-16-11-8-12-17-28)25-27-14-9-7-10-15-27/h7-12,14-19,21-22,30H,2-6,13,20,23-25H2,1H3,(H,32,33). The van der Waals surface area contributed by atoms with Crippen molar-refractivity contribution < 1.29 is 9.53 Å². The third kappa shape index (κ3) is 9.43. The lowest BCUT2D eigenvalue weighted by Crippen LogP contribution is -2.30. The van der Waals surface area contributed by atoms with Gasteiger partial charge >= 0.3 is 0 Å². The van der Waals surface area contributed by atoms with Crippen molar-refractivity contribution in [3.8, 4) is 5.75 Å². The van der Waals surface area contributed by atoms with Gasteiger partial charge in [-0.25, -0.2) is 0 Å². The van der Waals surface area contributed by atoms with E-state index in [1.165, 1.54) is 37.7 Å². The number of carbonyl (C=O) groups excluding carboxylic acids is 1. The largest absolute Gasteiger partial charge is 0.494 e. The summed E-state index contributed by atoms with van der Waals surface area (Å²) >= 11 is 0. The fourth-order valence-electron chi connectivity index (χ4n) is 4.14. The Kier molecular flexibility index (Phi) is 11.2. The smallest absolute Gasteiger partial charge is 0.220 e. The average Bonchev–Trinajstić information content (AvgIpc) is 2.88. The highest BCUT2D eigenvalue weighted by molar-refractivity contribution is 5.76. The number of hydrogen-bond acceptors (Lipinski definition) is 2. The number of benzene rings is 3. The monoisotopic (exact) mass is 457 g/mol. The van der Waals surface area contributed by atoms with Crippen LogP contribution in [0.1, 0.15) is 74.6 Å². The number of carbonyl (C=O) groups is 1. The van der Waals surface area contributed by atoms with Crippen molar-refractivity contribution in [2.75, 3.05) is 6.61 Å². The first kappa shape index (κ1) is 25.6. The molecule has 1 atom stereocenters. The molecule has 0 spiro atoms. The zero-order valence-corrected chi connectivity index (χ0v) is 20.5. The minimum Gasteiger partial charge on any atom is -0.494 e. The summed E-state index contributed by atoms with van der Waals surface area (Å²) < 4.78 is 5.87. The summed E-state index contributed by atoms with van der Waals surface area (Å²) in [6, 6.07) is 28.7. The molecule has 3 aromatic carbocycles. The number of unbranched alkanes of at least 4 members (excludes halogenated alkanes) is 5. The molecule has 1 N–H and O–H groups in total. The molecule has 3 nitrogen and oxygen atoms in total. The Labute approximate surface area is 205 Å². The zero-order chi connectivity index (χ0) is 23.8. The summed E-state index contributed by atoms with van der Waals surface area (Å²) in [6.45, 7) is 3.02. The number of aryl methyl sites for hydroxylation is 1. The first-order valence-electron chi connectivity index (χ1n) is 12.8. The van der Waals surface area contributed by atoms with Crippen LogP contribution in [0.2, 0.25) is 0 Å². The van der Waals surface area contributed by atoms with Crippen LogP contribution < -0.4 is 10.1 Å². The van der Waals surface area contributed by atoms with Crippen molar-refractivity contribution in [1.82, 2.24) is 5.32 Å². The lowest BCUT2D eigenvalue weighted by atomic mass is 9.98. The van der Waals surface area contributed by atoms with Gasteiger partial charge in [0.1, 0.15) is 5.75 Å². The molecule has 1 unspecified atom stereocenters. The van der Waals surface area contributed by atoms with Crippen LogP contribution in [0.25, 0.3) is 0 Å². The molecular weight excluding hydrogens is 418 g/mol. The van der Waals surface area contributed by atoms with Gasteiger partial charge in [0.05, 0.1) is 12.6 Å². The van der Waals surface area contributed by atoms with Gasteiger partial charge in [0.2, 0.25) is 5.91 Å². The molecule has 0 fully saturated rings. The van der Waals surface area contributed by atoms with Crippen LogP contribution in [-0.2, 0) is 17.6 Å². The number of nitrogens with one attached hydrogen (secondary N) is 1. The molecule has 0 saturated carbocycles. The lowest BCUT2D eigenvalue weighted by Gasteiger charge is -2.19. The summed E-state index contributed by atoms with van der Waals surface area (Å²) in [5.41, 5.74) is 3.50. The third-order valence-electron chi connectivity index (χ3n) is 6.15. The summed E-state index contributed by atoms with van der Waals surface area (Å²) in [5, 5.41) is 3.25. The predicted molar refractivity (Wildman–Crippen MR) is 141 cm³/mol. The average molecular weight is 458 g/mol. The van der Waals surface area contributed by atoms with E-state index in [2.05, 4.69) is 48.6 Å². The van der Waals surface area contributed by atoms with Gasteiger partial charge in [-0.2, -0.15) is 0 Å². The van der Waals surface area contributed by atoms with E-state index < -0.39 is 0 Å². The summed E-state index contributed by atoms with van der Waals surface area (Å²) in [5.74, 6) is 0.988. The molecule has 3 heteroatoms. The van der Waals surface area contributed by atoms with Crippen LogP contribution in [0.15, 0.2) is 84.9 Å². The van der Waals surface area contributed by atoms with E-state index in [9.17, 15) is 4.79 Å². The molecule has 180 valence electrons. The zero-order valence-electron chi connectivity index (χ0n) is 20.5. The predicted octanol–water partition coefficient (Wildman–Crippen LogP) is 7.46. The molecule has 0 aromatic heterocycles. The molecule has 0 radical (unpaired) electrons. The Morgan fingerprint density at radius 3 is 2.12 bits per heavy atom. The van der Waals surface area contributed by atoms with Gasteiger partial charge in [-0.15, -0.1) is 0 Å². The fourth-order valence-corrected chi connectivity index (χ4v) is 4.14. The van der Waals surface area contributed by atoms with E-state index in [4.69, 9.17) is 4.74 Å². The van der Waals surface area contributed by atoms with Gasteiger partial charge in [-0.05, 0) is 48.1 Å². The van der Waals surface area contributed by atoms with Gasteiger partial charge < -0.3 is 10.1 Å². The van der Waals surface area contributed by atoms with Crippen molar-refractivity contribution in [3.63, 3.8) is 0 Å². The topological polar surface area (TPSA) is 38.3 Å². The van der Waals surface area contributed by atoms with Gasteiger partial charge in [-0.1, -0.05) is 112 Å². The quantitative estimate of drug-likeness (QED) is 0.241. The normalized spacial score (nSPS) is 11.7. The maximum Gasteiger partial charge on any atom is 0.220 e. The molecule has 0 saturated heterocycles. The minimum absolute atomic E-state index is 0.0335. The van der Waals surface area contributed by atoms with Crippen LogP contribution in [0.3, 0.4) is 0 Å². The molecule has 0 aliphatic rings. The van der Waals surface area contributed by atoms with Crippen LogP contribution >= 0.6 is 0 Å². The Morgan fingerprint density at radius 2 is 1.41 bits per heavy atom. The van der Waals surface area contributed by atoms with Gasteiger partial charge in [-0.3, -0.25) is 4.79 Å². The van der Waals surface area contributed by atoms with Crippen molar-refractivity contribution >= 4 is 5.91 Å². The number of ether oxygens (including phenoxy) is 1. The fraction of sp³-hybridized carbons (Fsp3) is 0.387. The van der Waals surface area contributed by atoms with E-state index >= 15 is 0 Å². The molecule has 0 aliphatic carbocycles. The number of amides is 1. The maximum absolute atomic E-state index is 12.8. The second-order valence-electron chi connectivity index (χ2n) is 8.98. The van der Waals surface area contributed by atoms with Gasteiger partial charge in [0, 0.05) is 6.42 Å². The van der Waals surface area contributed by atoms with Crippen molar-refractivity contribution in [2.24, 2.45) is 0 Å². The summed E-state index contributed by atoms with van der Waals surface area (Å²) in [7, 11) is 0. The van der Waals surface area contributed by atoms with Crippen molar-refractivity contribution in [3.05, 3.63) is 102 Å². The van der Waals surface area contributed by atoms with E-state index in [1.807, 2.05) is 48.5 Å².